The minimum atomic E-state index is -1.28. The highest BCUT2D eigenvalue weighted by Crippen LogP contribution is 2.25. The normalized spacial score (nSPS) is 11.9. The van der Waals surface area contributed by atoms with E-state index in [4.69, 9.17) is 5.73 Å². The maximum Gasteiger partial charge on any atom is 0.256 e. The van der Waals surface area contributed by atoms with E-state index in [2.05, 4.69) is 29.1 Å². The number of methoxy groups -OCH3 is 1. The molecular weight excluding hydrogens is 585 g/mol. The highest BCUT2D eigenvalue weighted by atomic mass is 127. The summed E-state index contributed by atoms with van der Waals surface area (Å²) in [6.07, 6.45) is 0.781. The van der Waals surface area contributed by atoms with Gasteiger partial charge < -0.3 is 20.7 Å². The van der Waals surface area contributed by atoms with Crippen molar-refractivity contribution >= 4 is 39.1 Å². The van der Waals surface area contributed by atoms with Crippen molar-refractivity contribution in [2.24, 2.45) is 5.73 Å². The maximum absolute atomic E-state index is 12.9. The number of fused-ring (bicyclic) bond motifs is 1. The standard InChI is InChI=1S/C20H22IN3O3.C4H12N2.C3H8O/c1-15-7-8-16(13-25)9-19(15)23(14-21-27)12-20(26)22(2)24-10-17-5-3-4-6-18(17)11-24;1-2-6-4-3-5;1-3-4-2/h3-9,13H,10-12,14H2,1-2H3;6H,2-5H2,1H3;3H2,1-2H3. The lowest BCUT2D eigenvalue weighted by atomic mass is 10.1. The van der Waals surface area contributed by atoms with Gasteiger partial charge in [-0.3, -0.25) is 17.7 Å². The first-order valence-electron chi connectivity index (χ1n) is 12.4. The molecule has 3 N–H and O–H groups in total. The molecule has 0 radical (unpaired) electrons. The van der Waals surface area contributed by atoms with Gasteiger partial charge in [-0.05, 0) is 43.1 Å². The lowest BCUT2D eigenvalue weighted by Gasteiger charge is -2.31. The Balaban J connectivity index is 0.000000583. The summed E-state index contributed by atoms with van der Waals surface area (Å²) in [5, 5.41) is 6.73. The van der Waals surface area contributed by atoms with Gasteiger partial charge in [0.15, 0.2) is 21.2 Å². The number of aldehydes is 1. The fourth-order valence-corrected chi connectivity index (χ4v) is 4.47. The van der Waals surface area contributed by atoms with Crippen LogP contribution < -0.4 is 16.0 Å². The van der Waals surface area contributed by atoms with Gasteiger partial charge in [-0.2, -0.15) is 0 Å². The number of nitrogens with zero attached hydrogens (tertiary/aromatic N) is 3. The lowest BCUT2D eigenvalue weighted by molar-refractivity contribution is -0.145. The molecule has 37 heavy (non-hydrogen) atoms. The smallest absolute Gasteiger partial charge is 0.256 e. The Morgan fingerprint density at radius 2 is 1.81 bits per heavy atom. The molecule has 1 heterocycles. The van der Waals surface area contributed by atoms with E-state index in [1.807, 2.05) is 42.0 Å². The third-order valence-electron chi connectivity index (χ3n) is 5.70. The van der Waals surface area contributed by atoms with Gasteiger partial charge in [0.1, 0.15) is 10.8 Å². The summed E-state index contributed by atoms with van der Waals surface area (Å²) in [6.45, 7) is 11.0. The summed E-state index contributed by atoms with van der Waals surface area (Å²) in [6, 6.07) is 13.5. The average molecular weight is 628 g/mol. The Hall–Kier alpha value is -2.25. The summed E-state index contributed by atoms with van der Waals surface area (Å²) < 4.78 is 16.3. The van der Waals surface area contributed by atoms with Crippen molar-refractivity contribution in [1.82, 2.24) is 15.3 Å². The number of anilines is 1. The van der Waals surface area contributed by atoms with Gasteiger partial charge in [-0.15, -0.1) is 0 Å². The molecule has 0 atom stereocenters. The number of hydrogen-bond donors (Lipinski definition) is 2. The maximum atomic E-state index is 12.9. The van der Waals surface area contributed by atoms with Gasteiger partial charge in [-0.25, -0.2) is 5.01 Å². The number of amides is 1. The summed E-state index contributed by atoms with van der Waals surface area (Å²) in [7, 11) is 3.45. The predicted molar refractivity (Wildman–Crippen MR) is 157 cm³/mol. The minimum Gasteiger partial charge on any atom is -0.385 e. The Morgan fingerprint density at radius 3 is 2.27 bits per heavy atom. The second-order valence-corrected chi connectivity index (χ2v) is 9.62. The SMILES string of the molecule is CCNCCN.CCOC.Cc1ccc(C=O)cc1N(CI=O)CC(=O)N(C)N1Cc2ccccc2C1. The van der Waals surface area contributed by atoms with Crippen molar-refractivity contribution in [2.75, 3.05) is 56.4 Å². The Bertz CT molecular complexity index is 945. The fraction of sp³-hybridized carbons (Fsp3) is 0.481. The quantitative estimate of drug-likeness (QED) is 0.128. The number of likely N-dealkylation sites (N-methyl/N-ethyl adjacent to an activating group) is 2. The van der Waals surface area contributed by atoms with Gasteiger partial charge in [0.05, 0.1) is 6.54 Å². The lowest BCUT2D eigenvalue weighted by Crippen LogP contribution is -2.45. The Morgan fingerprint density at radius 1 is 1.19 bits per heavy atom. The number of benzene rings is 2. The molecule has 3 rings (SSSR count). The molecule has 206 valence electrons. The molecule has 0 bridgehead atoms. The van der Waals surface area contributed by atoms with Crippen molar-refractivity contribution in [3.8, 4) is 0 Å². The summed E-state index contributed by atoms with van der Waals surface area (Å²) in [5.74, 6) is -0.0730. The number of aryl methyl sites for hydroxylation is 1. The van der Waals surface area contributed by atoms with Crippen LogP contribution in [0.2, 0.25) is 0 Å². The molecule has 0 fully saturated rings. The number of rotatable bonds is 11. The zero-order chi connectivity index (χ0) is 27.6. The first kappa shape index (κ1) is 32.8. The largest absolute Gasteiger partial charge is 0.385 e. The number of carbonyl (C=O) groups is 2. The molecule has 0 aliphatic carbocycles. The zero-order valence-corrected chi connectivity index (χ0v) is 24.9. The van der Waals surface area contributed by atoms with Crippen molar-refractivity contribution < 1.29 is 17.4 Å². The van der Waals surface area contributed by atoms with E-state index in [1.54, 1.807) is 31.3 Å². The fourth-order valence-electron chi connectivity index (χ4n) is 3.52. The molecule has 0 saturated carbocycles. The molecule has 1 aliphatic heterocycles. The number of nitrogens with two attached hydrogens (primary N) is 1. The van der Waals surface area contributed by atoms with Crippen LogP contribution in [0.25, 0.3) is 0 Å². The summed E-state index contributed by atoms with van der Waals surface area (Å²) in [5.41, 5.74) is 9.88. The van der Waals surface area contributed by atoms with E-state index in [1.165, 1.54) is 11.1 Å². The minimum absolute atomic E-state index is 0.0730. The van der Waals surface area contributed by atoms with Gasteiger partial charge in [0, 0.05) is 58.2 Å². The third-order valence-corrected chi connectivity index (χ3v) is 6.80. The topological polar surface area (TPSA) is 108 Å². The molecule has 10 heteroatoms. The van der Waals surface area contributed by atoms with Gasteiger partial charge in [0.2, 0.25) is 0 Å². The van der Waals surface area contributed by atoms with Crippen molar-refractivity contribution in [3.05, 3.63) is 64.7 Å². The second-order valence-electron chi connectivity index (χ2n) is 8.32. The molecule has 0 saturated heterocycles. The summed E-state index contributed by atoms with van der Waals surface area (Å²) >= 11 is -1.28. The molecule has 9 nitrogen and oxygen atoms in total. The van der Waals surface area contributed by atoms with Crippen LogP contribution in [0.4, 0.5) is 5.69 Å². The van der Waals surface area contributed by atoms with Gasteiger partial charge in [0.25, 0.3) is 5.91 Å². The molecule has 0 spiro atoms. The van der Waals surface area contributed by atoms with Crippen molar-refractivity contribution in [3.63, 3.8) is 0 Å². The molecule has 1 amide bonds. The van der Waals surface area contributed by atoms with Crippen LogP contribution in [0, 0.1) is 6.92 Å². The number of hydrazine groups is 1. The molecular formula is C27H42IN5O4. The Kier molecular flexibility index (Phi) is 16.8. The zero-order valence-electron chi connectivity index (χ0n) is 22.7. The number of ether oxygens (including phenoxy) is 1. The molecule has 0 aromatic heterocycles. The van der Waals surface area contributed by atoms with Crippen LogP contribution in [0.5, 0.6) is 0 Å². The van der Waals surface area contributed by atoms with Crippen LogP contribution in [0.15, 0.2) is 42.5 Å². The van der Waals surface area contributed by atoms with Crippen LogP contribution >= 0.6 is 21.2 Å². The number of hydrogen-bond acceptors (Lipinski definition) is 8. The van der Waals surface area contributed by atoms with Crippen LogP contribution in [0.3, 0.4) is 0 Å². The van der Waals surface area contributed by atoms with E-state index in [0.29, 0.717) is 23.2 Å². The molecule has 2 aromatic carbocycles. The highest BCUT2D eigenvalue weighted by Gasteiger charge is 2.26. The van der Waals surface area contributed by atoms with Crippen LogP contribution in [-0.4, -0.2) is 73.7 Å². The van der Waals surface area contributed by atoms with Gasteiger partial charge >= 0.3 is 0 Å². The summed E-state index contributed by atoms with van der Waals surface area (Å²) in [4.78, 5) is 25.8. The van der Waals surface area contributed by atoms with Crippen LogP contribution in [0.1, 0.15) is 40.9 Å². The van der Waals surface area contributed by atoms with Crippen molar-refractivity contribution in [1.29, 1.82) is 0 Å². The van der Waals surface area contributed by atoms with E-state index in [-0.39, 0.29) is 12.5 Å². The van der Waals surface area contributed by atoms with E-state index < -0.39 is 21.2 Å². The molecule has 0 unspecified atom stereocenters. The average Bonchev–Trinajstić information content (AvgIpc) is 3.36. The number of alkyl halides is 1. The van der Waals surface area contributed by atoms with E-state index in [9.17, 15) is 12.7 Å². The van der Waals surface area contributed by atoms with Crippen LogP contribution in [-0.2, 0) is 25.7 Å². The number of nitrogens with one attached hydrogen (secondary N) is 1. The van der Waals surface area contributed by atoms with Gasteiger partial charge in [-0.1, -0.05) is 43.3 Å². The van der Waals surface area contributed by atoms with E-state index in [0.717, 1.165) is 43.8 Å². The molecule has 1 aliphatic rings. The highest BCUT2D eigenvalue weighted by molar-refractivity contribution is 14.1. The first-order valence-corrected chi connectivity index (χ1v) is 14.8. The Labute approximate surface area is 231 Å². The number of halogens is 1. The molecule has 2 aromatic rings. The first-order chi connectivity index (χ1) is 17.9. The van der Waals surface area contributed by atoms with E-state index >= 15 is 0 Å². The predicted octanol–water partition coefficient (Wildman–Crippen LogP) is 3.48. The monoisotopic (exact) mass is 627 g/mol. The second kappa shape index (κ2) is 18.9. The van der Waals surface area contributed by atoms with Crippen molar-refractivity contribution in [2.45, 2.75) is 33.9 Å². The number of carbonyl (C=O) groups excluding carboxylic acids is 2. The third kappa shape index (κ3) is 11.3.